The number of thioether (sulfide) groups is 1. The molecule has 0 aliphatic rings. The summed E-state index contributed by atoms with van der Waals surface area (Å²) in [7, 11) is 0. The van der Waals surface area contributed by atoms with E-state index in [4.69, 9.17) is 4.74 Å². The molecule has 0 amide bonds. The molecule has 0 radical (unpaired) electrons. The lowest BCUT2D eigenvalue weighted by atomic mass is 10.2. The standard InChI is InChI=1S/C10H16N2O2S2/c1-2-14-9(13)6-4-3-5-7-15-10-12-11-8-16-10/h8H,2-7H2,1H3. The van der Waals surface area contributed by atoms with Gasteiger partial charge in [0.25, 0.3) is 0 Å². The third-order valence-corrected chi connectivity index (χ3v) is 3.84. The molecular formula is C10H16N2O2S2. The van der Waals surface area contributed by atoms with Crippen LogP contribution in [0.25, 0.3) is 0 Å². The molecule has 0 unspecified atom stereocenters. The van der Waals surface area contributed by atoms with Crippen molar-refractivity contribution < 1.29 is 9.53 Å². The van der Waals surface area contributed by atoms with E-state index in [0.29, 0.717) is 13.0 Å². The van der Waals surface area contributed by atoms with Gasteiger partial charge in [0.15, 0.2) is 4.34 Å². The van der Waals surface area contributed by atoms with Crippen LogP contribution in [0.4, 0.5) is 0 Å². The van der Waals surface area contributed by atoms with Crippen LogP contribution in [0.2, 0.25) is 0 Å². The minimum atomic E-state index is -0.0840. The van der Waals surface area contributed by atoms with Crippen molar-refractivity contribution in [2.75, 3.05) is 12.4 Å². The van der Waals surface area contributed by atoms with Crippen molar-refractivity contribution in [3.05, 3.63) is 5.51 Å². The molecule has 0 atom stereocenters. The van der Waals surface area contributed by atoms with Gasteiger partial charge in [-0.25, -0.2) is 0 Å². The van der Waals surface area contributed by atoms with Gasteiger partial charge in [0.2, 0.25) is 0 Å². The lowest BCUT2D eigenvalue weighted by molar-refractivity contribution is -0.143. The number of carbonyl (C=O) groups is 1. The number of hydrogen-bond donors (Lipinski definition) is 0. The zero-order chi connectivity index (χ0) is 11.6. The summed E-state index contributed by atoms with van der Waals surface area (Å²) in [5.74, 6) is 0.956. The quantitative estimate of drug-likeness (QED) is 0.408. The molecule has 0 aliphatic carbocycles. The Bertz CT molecular complexity index is 291. The number of unbranched alkanes of at least 4 members (excludes halogenated alkanes) is 2. The highest BCUT2D eigenvalue weighted by Gasteiger charge is 2.01. The van der Waals surface area contributed by atoms with Crippen molar-refractivity contribution in [3.8, 4) is 0 Å². The molecule has 4 nitrogen and oxygen atoms in total. The van der Waals surface area contributed by atoms with Crippen LogP contribution in [0.1, 0.15) is 32.6 Å². The molecule has 1 aromatic heterocycles. The fourth-order valence-electron chi connectivity index (χ4n) is 1.17. The molecule has 6 heteroatoms. The first-order valence-electron chi connectivity index (χ1n) is 5.37. The Kier molecular flexibility index (Phi) is 7.16. The molecule has 0 saturated heterocycles. The number of nitrogens with zero attached hydrogens (tertiary/aromatic N) is 2. The van der Waals surface area contributed by atoms with Gasteiger partial charge >= 0.3 is 5.97 Å². The van der Waals surface area contributed by atoms with Crippen LogP contribution in [-0.4, -0.2) is 28.5 Å². The summed E-state index contributed by atoms with van der Waals surface area (Å²) >= 11 is 3.29. The Hall–Kier alpha value is -0.620. The van der Waals surface area contributed by atoms with Crippen LogP contribution in [-0.2, 0) is 9.53 Å². The highest BCUT2D eigenvalue weighted by Crippen LogP contribution is 2.20. The maximum absolute atomic E-state index is 11.0. The molecule has 0 N–H and O–H groups in total. The number of rotatable bonds is 8. The van der Waals surface area contributed by atoms with Crippen LogP contribution in [0.5, 0.6) is 0 Å². The second-order valence-corrected chi connectivity index (χ2v) is 5.34. The SMILES string of the molecule is CCOC(=O)CCCCCSc1nncs1. The molecule has 0 aromatic carbocycles. The number of hydrogen-bond acceptors (Lipinski definition) is 6. The second-order valence-electron chi connectivity index (χ2n) is 3.17. The van der Waals surface area contributed by atoms with Gasteiger partial charge in [-0.15, -0.1) is 10.2 Å². The molecular weight excluding hydrogens is 244 g/mol. The van der Waals surface area contributed by atoms with Gasteiger partial charge in [-0.3, -0.25) is 4.79 Å². The zero-order valence-corrected chi connectivity index (χ0v) is 11.0. The van der Waals surface area contributed by atoms with Gasteiger partial charge in [0.1, 0.15) is 5.51 Å². The maximum atomic E-state index is 11.0. The predicted molar refractivity (Wildman–Crippen MR) is 65.7 cm³/mol. The highest BCUT2D eigenvalue weighted by molar-refractivity contribution is 8.00. The monoisotopic (exact) mass is 260 g/mol. The molecule has 16 heavy (non-hydrogen) atoms. The summed E-state index contributed by atoms with van der Waals surface area (Å²) in [6.07, 6.45) is 3.61. The van der Waals surface area contributed by atoms with E-state index in [2.05, 4.69) is 10.2 Å². The molecule has 1 aromatic rings. The van der Waals surface area contributed by atoms with Gasteiger partial charge in [0, 0.05) is 12.2 Å². The molecule has 0 aliphatic heterocycles. The Balaban J connectivity index is 1.90. The number of aromatic nitrogens is 2. The van der Waals surface area contributed by atoms with Crippen molar-refractivity contribution in [3.63, 3.8) is 0 Å². The maximum Gasteiger partial charge on any atom is 0.305 e. The lowest BCUT2D eigenvalue weighted by Crippen LogP contribution is -2.03. The summed E-state index contributed by atoms with van der Waals surface area (Å²) in [5, 5.41) is 7.71. The summed E-state index contributed by atoms with van der Waals surface area (Å²) in [4.78, 5) is 11.0. The topological polar surface area (TPSA) is 52.1 Å². The van der Waals surface area contributed by atoms with Crippen molar-refractivity contribution >= 4 is 29.1 Å². The van der Waals surface area contributed by atoms with Crippen LogP contribution in [0.3, 0.4) is 0 Å². The molecule has 0 bridgehead atoms. The Labute approximate surface area is 104 Å². The summed E-state index contributed by atoms with van der Waals surface area (Å²) in [6, 6.07) is 0. The summed E-state index contributed by atoms with van der Waals surface area (Å²) in [6.45, 7) is 2.31. The van der Waals surface area contributed by atoms with Crippen molar-refractivity contribution in [2.45, 2.75) is 36.9 Å². The zero-order valence-electron chi connectivity index (χ0n) is 9.35. The molecule has 90 valence electrons. The fraction of sp³-hybridized carbons (Fsp3) is 0.700. The summed E-state index contributed by atoms with van der Waals surface area (Å²) < 4.78 is 5.87. The third-order valence-electron chi connectivity index (χ3n) is 1.90. The van der Waals surface area contributed by atoms with E-state index in [1.807, 2.05) is 6.92 Å². The van der Waals surface area contributed by atoms with Gasteiger partial charge in [0.05, 0.1) is 6.61 Å². The first kappa shape index (κ1) is 13.4. The largest absolute Gasteiger partial charge is 0.466 e. The first-order valence-corrected chi connectivity index (χ1v) is 7.24. The van der Waals surface area contributed by atoms with Crippen LogP contribution in [0.15, 0.2) is 9.85 Å². The van der Waals surface area contributed by atoms with E-state index in [-0.39, 0.29) is 5.97 Å². The van der Waals surface area contributed by atoms with Crippen LogP contribution < -0.4 is 0 Å². The van der Waals surface area contributed by atoms with Gasteiger partial charge in [-0.1, -0.05) is 29.5 Å². The Morgan fingerprint density at radius 1 is 1.50 bits per heavy atom. The molecule has 1 rings (SSSR count). The summed E-state index contributed by atoms with van der Waals surface area (Å²) in [5.41, 5.74) is 1.74. The van der Waals surface area contributed by atoms with Crippen LogP contribution in [0, 0.1) is 0 Å². The first-order chi connectivity index (χ1) is 7.83. The number of ether oxygens (including phenoxy) is 1. The Morgan fingerprint density at radius 2 is 2.38 bits per heavy atom. The average molecular weight is 260 g/mol. The lowest BCUT2D eigenvalue weighted by Gasteiger charge is -2.01. The van der Waals surface area contributed by atoms with E-state index >= 15 is 0 Å². The third kappa shape index (κ3) is 6.07. The fourth-order valence-corrected chi connectivity index (χ4v) is 2.72. The Morgan fingerprint density at radius 3 is 3.06 bits per heavy atom. The van der Waals surface area contributed by atoms with Crippen molar-refractivity contribution in [1.29, 1.82) is 0 Å². The minimum Gasteiger partial charge on any atom is -0.466 e. The van der Waals surface area contributed by atoms with E-state index in [9.17, 15) is 4.79 Å². The minimum absolute atomic E-state index is 0.0840. The normalized spacial score (nSPS) is 10.3. The van der Waals surface area contributed by atoms with Gasteiger partial charge in [-0.2, -0.15) is 0 Å². The van der Waals surface area contributed by atoms with Gasteiger partial charge < -0.3 is 4.74 Å². The highest BCUT2D eigenvalue weighted by atomic mass is 32.2. The molecule has 1 heterocycles. The number of esters is 1. The molecule has 0 spiro atoms. The second kappa shape index (κ2) is 8.52. The van der Waals surface area contributed by atoms with E-state index in [0.717, 1.165) is 29.4 Å². The van der Waals surface area contributed by atoms with E-state index < -0.39 is 0 Å². The van der Waals surface area contributed by atoms with Crippen molar-refractivity contribution in [2.24, 2.45) is 0 Å². The van der Waals surface area contributed by atoms with E-state index in [1.54, 1.807) is 28.6 Å². The molecule has 0 fully saturated rings. The smallest absolute Gasteiger partial charge is 0.305 e. The van der Waals surface area contributed by atoms with Gasteiger partial charge in [-0.05, 0) is 19.8 Å². The number of carbonyl (C=O) groups excluding carboxylic acids is 1. The van der Waals surface area contributed by atoms with Crippen LogP contribution >= 0.6 is 23.1 Å². The average Bonchev–Trinajstić information content (AvgIpc) is 2.76. The predicted octanol–water partition coefficient (Wildman–Crippen LogP) is 2.75. The van der Waals surface area contributed by atoms with E-state index in [1.165, 1.54) is 0 Å². The van der Waals surface area contributed by atoms with Crippen molar-refractivity contribution in [1.82, 2.24) is 10.2 Å². The molecule has 0 saturated carbocycles.